The minimum absolute atomic E-state index is 1.08. The molecule has 0 nitrogen and oxygen atoms in total. The van der Waals surface area contributed by atoms with E-state index < -0.39 is 0 Å². The average molecular weight is 140 g/mol. The van der Waals surface area contributed by atoms with Gasteiger partial charge in [-0.05, 0) is 5.92 Å². The van der Waals surface area contributed by atoms with Gasteiger partial charge in [0.15, 0.2) is 0 Å². The zero-order chi connectivity index (χ0) is 7.82. The number of hydrogen-bond donors (Lipinski definition) is 0. The fourth-order valence-electron chi connectivity index (χ4n) is 0.417. The van der Waals surface area contributed by atoms with E-state index in [0.29, 0.717) is 0 Å². The third-order valence-electron chi connectivity index (χ3n) is 1.87. The van der Waals surface area contributed by atoms with Gasteiger partial charge in [-0.3, -0.25) is 0 Å². The van der Waals surface area contributed by atoms with Crippen LogP contribution in [0.1, 0.15) is 45.4 Å². The summed E-state index contributed by atoms with van der Waals surface area (Å²) in [5.41, 5.74) is 0. The summed E-state index contributed by atoms with van der Waals surface area (Å²) in [6.45, 7) is 8.28. The molecule has 2 saturated carbocycles. The highest BCUT2D eigenvalue weighted by molar-refractivity contribution is 4.65. The van der Waals surface area contributed by atoms with Crippen LogP contribution >= 0.6 is 0 Å². The summed E-state index contributed by atoms with van der Waals surface area (Å²) in [7, 11) is 0. The normalized spacial score (nSPS) is 20.5. The Bertz CT molecular complexity index is 54.4. The number of hydrogen-bond acceptors (Lipinski definition) is 0. The molecule has 0 amide bonds. The molecule has 0 bridgehead atoms. The molecule has 0 N–H and O–H groups in total. The highest BCUT2D eigenvalue weighted by Crippen LogP contribution is 2.26. The average Bonchev–Trinajstić information content (AvgIpc) is 2.52. The molecule has 10 heavy (non-hydrogen) atoms. The van der Waals surface area contributed by atoms with E-state index in [0.717, 1.165) is 5.92 Å². The summed E-state index contributed by atoms with van der Waals surface area (Å²) < 4.78 is 0. The van der Waals surface area contributed by atoms with Crippen LogP contribution in [0.4, 0.5) is 0 Å². The van der Waals surface area contributed by atoms with Gasteiger partial charge < -0.3 is 0 Å². The molecule has 2 aliphatic carbocycles. The van der Waals surface area contributed by atoms with Crippen molar-refractivity contribution in [1.82, 2.24) is 0 Å². The highest BCUT2D eigenvalue weighted by atomic mass is 14.2. The Labute approximate surface area is 65.3 Å². The van der Waals surface area contributed by atoms with Crippen molar-refractivity contribution in [2.24, 2.45) is 5.92 Å². The second kappa shape index (κ2) is 6.85. The van der Waals surface area contributed by atoms with Gasteiger partial charge in [0.2, 0.25) is 0 Å². The summed E-state index contributed by atoms with van der Waals surface area (Å²) >= 11 is 0. The van der Waals surface area contributed by atoms with Crippen molar-refractivity contribution < 1.29 is 0 Å². The van der Waals surface area contributed by atoms with E-state index >= 15 is 0 Å². The first-order chi connectivity index (χ1) is 4.89. The fraction of sp³-hybridized carbons (Fsp3) is 0.800. The van der Waals surface area contributed by atoms with Crippen LogP contribution < -0.4 is 0 Å². The van der Waals surface area contributed by atoms with Gasteiger partial charge in [-0.15, -0.1) is 13.2 Å². The third kappa shape index (κ3) is 7.74. The van der Waals surface area contributed by atoms with E-state index in [1.807, 2.05) is 0 Å². The van der Waals surface area contributed by atoms with Crippen LogP contribution in [0.3, 0.4) is 0 Å². The first kappa shape index (κ1) is 9.74. The van der Waals surface area contributed by atoms with Crippen molar-refractivity contribution in [3.05, 3.63) is 13.2 Å². The van der Waals surface area contributed by atoms with Crippen LogP contribution in [-0.4, -0.2) is 0 Å². The topological polar surface area (TPSA) is 0 Å². The van der Waals surface area contributed by atoms with E-state index in [1.54, 1.807) is 0 Å². The van der Waals surface area contributed by atoms with Gasteiger partial charge >= 0.3 is 0 Å². The van der Waals surface area contributed by atoms with Gasteiger partial charge in [0, 0.05) is 0 Å². The molecule has 2 fully saturated rings. The van der Waals surface area contributed by atoms with Crippen LogP contribution in [0.2, 0.25) is 0 Å². The predicted molar refractivity (Wildman–Crippen MR) is 48.1 cm³/mol. The maximum Gasteiger partial charge on any atom is -0.0443 e. The molecular formula is C10H20. The lowest BCUT2D eigenvalue weighted by atomic mass is 10.0. The third-order valence-corrected chi connectivity index (χ3v) is 1.87. The van der Waals surface area contributed by atoms with Crippen LogP contribution in [-0.2, 0) is 0 Å². The molecule has 0 saturated heterocycles. The minimum Gasteiger partial charge on any atom is -0.106 e. The zero-order valence-electron chi connectivity index (χ0n) is 7.23. The quantitative estimate of drug-likeness (QED) is 0.449. The van der Waals surface area contributed by atoms with Crippen LogP contribution in [0, 0.1) is 5.92 Å². The van der Waals surface area contributed by atoms with Crippen molar-refractivity contribution in [2.45, 2.75) is 45.4 Å². The highest BCUT2D eigenvalue weighted by Gasteiger charge is 2.12. The second-order valence-corrected chi connectivity index (χ2v) is 3.10. The molecule has 2 aliphatic rings. The van der Waals surface area contributed by atoms with Crippen molar-refractivity contribution in [3.63, 3.8) is 0 Å². The van der Waals surface area contributed by atoms with E-state index in [1.165, 1.54) is 38.5 Å². The van der Waals surface area contributed by atoms with Crippen molar-refractivity contribution in [3.8, 4) is 0 Å². The summed E-state index contributed by atoms with van der Waals surface area (Å²) in [5.74, 6) is 1.08. The maximum absolute atomic E-state index is 3.00. The molecule has 0 atom stereocenters. The molecule has 2 rings (SSSR count). The standard InChI is InChI=1S/2C4H8.C2H4/c1-4-2-3-4;1-2-4-3-1;1-2/h4H,2-3H2,1H3;1-4H2;1-2H2. The van der Waals surface area contributed by atoms with Crippen molar-refractivity contribution in [2.75, 3.05) is 0 Å². The Morgan fingerprint density at radius 2 is 1.10 bits per heavy atom. The van der Waals surface area contributed by atoms with Gasteiger partial charge in [-0.2, -0.15) is 0 Å². The molecule has 0 heterocycles. The minimum atomic E-state index is 1.08. The molecule has 60 valence electrons. The number of rotatable bonds is 0. The monoisotopic (exact) mass is 140 g/mol. The molecule has 0 aliphatic heterocycles. The molecule has 0 aromatic carbocycles. The Morgan fingerprint density at radius 3 is 1.10 bits per heavy atom. The van der Waals surface area contributed by atoms with E-state index in [9.17, 15) is 0 Å². The molecule has 0 heteroatoms. The van der Waals surface area contributed by atoms with E-state index in [-0.39, 0.29) is 0 Å². The first-order valence-electron chi connectivity index (χ1n) is 4.39. The predicted octanol–water partition coefficient (Wildman–Crippen LogP) is 3.78. The van der Waals surface area contributed by atoms with Gasteiger partial charge in [-0.25, -0.2) is 0 Å². The fourth-order valence-corrected chi connectivity index (χ4v) is 0.417. The Morgan fingerprint density at radius 1 is 0.900 bits per heavy atom. The van der Waals surface area contributed by atoms with Crippen LogP contribution in [0.15, 0.2) is 13.2 Å². The Hall–Kier alpha value is -0.260. The van der Waals surface area contributed by atoms with Gasteiger partial charge in [0.25, 0.3) is 0 Å². The second-order valence-electron chi connectivity index (χ2n) is 3.10. The SMILES string of the molecule is C1CCC1.C=C.CC1CC1. The molecular weight excluding hydrogens is 120 g/mol. The lowest BCUT2D eigenvalue weighted by Gasteiger charge is -2.05. The molecule has 0 unspecified atom stereocenters. The van der Waals surface area contributed by atoms with Gasteiger partial charge in [0.1, 0.15) is 0 Å². The van der Waals surface area contributed by atoms with Crippen LogP contribution in [0.5, 0.6) is 0 Å². The maximum atomic E-state index is 3.00. The molecule has 0 radical (unpaired) electrons. The van der Waals surface area contributed by atoms with Crippen LogP contribution in [0.25, 0.3) is 0 Å². The summed E-state index contributed by atoms with van der Waals surface area (Å²) in [4.78, 5) is 0. The van der Waals surface area contributed by atoms with E-state index in [4.69, 9.17) is 0 Å². The molecule has 0 spiro atoms. The Balaban J connectivity index is 0.000000131. The summed E-state index contributed by atoms with van der Waals surface area (Å²) in [6, 6.07) is 0. The Kier molecular flexibility index (Phi) is 6.68. The molecule has 0 aromatic rings. The van der Waals surface area contributed by atoms with E-state index in [2.05, 4.69) is 20.1 Å². The smallest absolute Gasteiger partial charge is 0.0443 e. The van der Waals surface area contributed by atoms with Crippen molar-refractivity contribution >= 4 is 0 Å². The lowest BCUT2D eigenvalue weighted by molar-refractivity contribution is 0.504. The zero-order valence-corrected chi connectivity index (χ0v) is 7.23. The summed E-state index contributed by atoms with van der Waals surface area (Å²) in [5, 5.41) is 0. The largest absolute Gasteiger partial charge is 0.106 e. The van der Waals surface area contributed by atoms with Crippen molar-refractivity contribution in [1.29, 1.82) is 0 Å². The summed E-state index contributed by atoms with van der Waals surface area (Å²) in [6.07, 6.45) is 8.97. The lowest BCUT2D eigenvalue weighted by Crippen LogP contribution is -1.85. The molecule has 0 aromatic heterocycles. The first-order valence-corrected chi connectivity index (χ1v) is 4.39. The van der Waals surface area contributed by atoms with Gasteiger partial charge in [-0.1, -0.05) is 45.4 Å². The van der Waals surface area contributed by atoms with Gasteiger partial charge in [0.05, 0.1) is 0 Å².